The molecule has 1 amide bonds. The van der Waals surface area contributed by atoms with Gasteiger partial charge in [0.15, 0.2) is 0 Å². The number of likely N-dealkylation sites (tertiary alicyclic amines) is 1. The zero-order chi connectivity index (χ0) is 13.8. The monoisotopic (exact) mass is 268 g/mol. The molecule has 1 aliphatic heterocycles. The standard InChI is InChI=1S/C14H18F2N2O/c1-10(14-11(15)5-4-6-12(14)16)17-9-13(19)18-7-2-3-8-18/h4-6,10,17H,2-3,7-9H2,1H3. The molecule has 0 saturated carbocycles. The molecule has 0 bridgehead atoms. The molecule has 5 heteroatoms. The summed E-state index contributed by atoms with van der Waals surface area (Å²) in [5, 5.41) is 2.89. The molecule has 1 N–H and O–H groups in total. The highest BCUT2D eigenvalue weighted by Crippen LogP contribution is 2.20. The fourth-order valence-electron chi connectivity index (χ4n) is 2.35. The summed E-state index contributed by atoms with van der Waals surface area (Å²) < 4.78 is 27.1. The van der Waals surface area contributed by atoms with Gasteiger partial charge in [-0.15, -0.1) is 0 Å². The van der Waals surface area contributed by atoms with Crippen LogP contribution in [0.3, 0.4) is 0 Å². The number of rotatable bonds is 4. The lowest BCUT2D eigenvalue weighted by atomic mass is 10.1. The first-order valence-corrected chi connectivity index (χ1v) is 6.54. The molecule has 0 radical (unpaired) electrons. The van der Waals surface area contributed by atoms with Gasteiger partial charge in [-0.05, 0) is 31.9 Å². The number of hydrogen-bond donors (Lipinski definition) is 1. The van der Waals surface area contributed by atoms with Gasteiger partial charge in [0.2, 0.25) is 5.91 Å². The van der Waals surface area contributed by atoms with E-state index in [0.29, 0.717) is 0 Å². The second kappa shape index (κ2) is 6.10. The van der Waals surface area contributed by atoms with Gasteiger partial charge >= 0.3 is 0 Å². The minimum absolute atomic E-state index is 0.0129. The smallest absolute Gasteiger partial charge is 0.236 e. The van der Waals surface area contributed by atoms with E-state index in [1.807, 2.05) is 0 Å². The van der Waals surface area contributed by atoms with Crippen molar-refractivity contribution in [1.29, 1.82) is 0 Å². The summed E-state index contributed by atoms with van der Waals surface area (Å²) in [6.45, 7) is 3.32. The topological polar surface area (TPSA) is 32.3 Å². The Hall–Kier alpha value is -1.49. The van der Waals surface area contributed by atoms with Crippen molar-refractivity contribution in [2.45, 2.75) is 25.8 Å². The molecule has 1 aromatic rings. The van der Waals surface area contributed by atoms with E-state index in [4.69, 9.17) is 0 Å². The van der Waals surface area contributed by atoms with E-state index in [-0.39, 0.29) is 18.0 Å². The maximum absolute atomic E-state index is 13.6. The van der Waals surface area contributed by atoms with Crippen LogP contribution in [-0.2, 0) is 4.79 Å². The van der Waals surface area contributed by atoms with Crippen molar-refractivity contribution in [3.8, 4) is 0 Å². The van der Waals surface area contributed by atoms with Gasteiger partial charge in [0.1, 0.15) is 11.6 Å². The summed E-state index contributed by atoms with van der Waals surface area (Å²) in [5.41, 5.74) is -0.0169. The summed E-state index contributed by atoms with van der Waals surface area (Å²) in [5.74, 6) is -1.19. The molecular formula is C14H18F2N2O. The van der Waals surface area contributed by atoms with Crippen LogP contribution in [0.5, 0.6) is 0 Å². The van der Waals surface area contributed by atoms with Crippen molar-refractivity contribution in [2.75, 3.05) is 19.6 Å². The molecule has 1 aliphatic rings. The van der Waals surface area contributed by atoms with Crippen LogP contribution in [0.15, 0.2) is 18.2 Å². The third kappa shape index (κ3) is 3.29. The lowest BCUT2D eigenvalue weighted by Gasteiger charge is -2.19. The van der Waals surface area contributed by atoms with Crippen LogP contribution < -0.4 is 5.32 Å². The maximum Gasteiger partial charge on any atom is 0.236 e. The van der Waals surface area contributed by atoms with Crippen LogP contribution in [0.1, 0.15) is 31.4 Å². The highest BCUT2D eigenvalue weighted by Gasteiger charge is 2.20. The third-order valence-corrected chi connectivity index (χ3v) is 3.45. The van der Waals surface area contributed by atoms with Crippen LogP contribution in [0.2, 0.25) is 0 Å². The predicted molar refractivity (Wildman–Crippen MR) is 68.6 cm³/mol. The second-order valence-corrected chi connectivity index (χ2v) is 4.83. The van der Waals surface area contributed by atoms with Crippen molar-refractivity contribution >= 4 is 5.91 Å². The van der Waals surface area contributed by atoms with E-state index in [2.05, 4.69) is 5.32 Å². The summed E-state index contributed by atoms with van der Waals surface area (Å²) in [6.07, 6.45) is 2.06. The molecule has 104 valence electrons. The van der Waals surface area contributed by atoms with Gasteiger partial charge in [-0.1, -0.05) is 6.07 Å². The molecule has 19 heavy (non-hydrogen) atoms. The number of carbonyl (C=O) groups excluding carboxylic acids is 1. The molecule has 1 saturated heterocycles. The minimum atomic E-state index is -0.589. The zero-order valence-electron chi connectivity index (χ0n) is 11.0. The molecule has 1 aromatic carbocycles. The first kappa shape index (κ1) is 13.9. The Balaban J connectivity index is 1.93. The van der Waals surface area contributed by atoms with E-state index in [0.717, 1.165) is 25.9 Å². The van der Waals surface area contributed by atoms with Crippen molar-refractivity contribution in [2.24, 2.45) is 0 Å². The molecule has 0 aliphatic carbocycles. The van der Waals surface area contributed by atoms with Gasteiger partial charge in [0, 0.05) is 24.7 Å². The summed E-state index contributed by atoms with van der Waals surface area (Å²) >= 11 is 0. The summed E-state index contributed by atoms with van der Waals surface area (Å²) in [6, 6.07) is 3.24. The van der Waals surface area contributed by atoms with Gasteiger partial charge in [0.25, 0.3) is 0 Å². The Morgan fingerprint density at radius 3 is 2.47 bits per heavy atom. The van der Waals surface area contributed by atoms with Crippen LogP contribution in [-0.4, -0.2) is 30.4 Å². The quantitative estimate of drug-likeness (QED) is 0.908. The van der Waals surface area contributed by atoms with Crippen LogP contribution in [0.4, 0.5) is 8.78 Å². The largest absolute Gasteiger partial charge is 0.342 e. The first-order chi connectivity index (χ1) is 9.09. The molecule has 1 atom stereocenters. The fourth-order valence-corrected chi connectivity index (χ4v) is 2.35. The van der Waals surface area contributed by atoms with E-state index in [1.54, 1.807) is 11.8 Å². The minimum Gasteiger partial charge on any atom is -0.342 e. The molecule has 2 rings (SSSR count). The van der Waals surface area contributed by atoms with Gasteiger partial charge in [-0.25, -0.2) is 8.78 Å². The number of nitrogens with one attached hydrogen (secondary N) is 1. The number of hydrogen-bond acceptors (Lipinski definition) is 2. The Morgan fingerprint density at radius 2 is 1.89 bits per heavy atom. The average Bonchev–Trinajstić information content (AvgIpc) is 2.89. The zero-order valence-corrected chi connectivity index (χ0v) is 11.0. The molecule has 1 heterocycles. The normalized spacial score (nSPS) is 16.7. The van der Waals surface area contributed by atoms with Crippen molar-refractivity contribution < 1.29 is 13.6 Å². The highest BCUT2D eigenvalue weighted by molar-refractivity contribution is 5.78. The Morgan fingerprint density at radius 1 is 1.32 bits per heavy atom. The molecule has 1 unspecified atom stereocenters. The summed E-state index contributed by atoms with van der Waals surface area (Å²) in [7, 11) is 0. The van der Waals surface area contributed by atoms with E-state index in [9.17, 15) is 13.6 Å². The van der Waals surface area contributed by atoms with Crippen LogP contribution >= 0.6 is 0 Å². The van der Waals surface area contributed by atoms with Gasteiger partial charge in [-0.3, -0.25) is 4.79 Å². The van der Waals surface area contributed by atoms with Crippen LogP contribution in [0, 0.1) is 11.6 Å². The highest BCUT2D eigenvalue weighted by atomic mass is 19.1. The van der Waals surface area contributed by atoms with E-state index < -0.39 is 17.7 Å². The molecule has 3 nitrogen and oxygen atoms in total. The van der Waals surface area contributed by atoms with E-state index in [1.165, 1.54) is 18.2 Å². The molecular weight excluding hydrogens is 250 g/mol. The SMILES string of the molecule is CC(NCC(=O)N1CCCC1)c1c(F)cccc1F. The van der Waals surface area contributed by atoms with Crippen LogP contribution in [0.25, 0.3) is 0 Å². The van der Waals surface area contributed by atoms with Gasteiger partial charge in [-0.2, -0.15) is 0 Å². The van der Waals surface area contributed by atoms with Gasteiger partial charge < -0.3 is 10.2 Å². The first-order valence-electron chi connectivity index (χ1n) is 6.54. The fraction of sp³-hybridized carbons (Fsp3) is 0.500. The Labute approximate surface area is 111 Å². The Kier molecular flexibility index (Phi) is 4.47. The predicted octanol–water partition coefficient (Wildman–Crippen LogP) is 2.24. The lowest BCUT2D eigenvalue weighted by molar-refractivity contribution is -0.129. The number of benzene rings is 1. The number of halogens is 2. The average molecular weight is 268 g/mol. The molecule has 1 fully saturated rings. The lowest BCUT2D eigenvalue weighted by Crippen LogP contribution is -2.37. The van der Waals surface area contributed by atoms with Crippen molar-refractivity contribution in [3.63, 3.8) is 0 Å². The number of amides is 1. The van der Waals surface area contributed by atoms with Gasteiger partial charge in [0.05, 0.1) is 6.54 Å². The van der Waals surface area contributed by atoms with Crippen molar-refractivity contribution in [1.82, 2.24) is 10.2 Å². The summed E-state index contributed by atoms with van der Waals surface area (Å²) in [4.78, 5) is 13.6. The molecule has 0 spiro atoms. The third-order valence-electron chi connectivity index (χ3n) is 3.45. The molecule has 0 aromatic heterocycles. The maximum atomic E-state index is 13.6. The Bertz CT molecular complexity index is 439. The van der Waals surface area contributed by atoms with E-state index >= 15 is 0 Å². The number of carbonyl (C=O) groups is 1. The van der Waals surface area contributed by atoms with Crippen molar-refractivity contribution in [3.05, 3.63) is 35.4 Å². The number of nitrogens with zero attached hydrogens (tertiary/aromatic N) is 1. The second-order valence-electron chi connectivity index (χ2n) is 4.83.